The fraction of sp³-hybridized carbons (Fsp3) is 0.421. The van der Waals surface area contributed by atoms with Crippen LogP contribution in [-0.4, -0.2) is 67.7 Å². The lowest BCUT2D eigenvalue weighted by Crippen LogP contribution is -2.51. The fourth-order valence-corrected chi connectivity index (χ4v) is 5.66. The van der Waals surface area contributed by atoms with Crippen LogP contribution in [0.2, 0.25) is 0 Å². The quantitative estimate of drug-likeness (QED) is 0.481. The second-order valence-corrected chi connectivity index (χ2v) is 10.0. The van der Waals surface area contributed by atoms with Crippen LogP contribution in [0.4, 0.5) is 5.69 Å². The molecule has 1 aromatic heterocycles. The zero-order valence-corrected chi connectivity index (χ0v) is 18.2. The molecule has 2 heterocycles. The van der Waals surface area contributed by atoms with Gasteiger partial charge in [-0.25, -0.2) is 8.42 Å². The van der Waals surface area contributed by atoms with E-state index in [1.807, 2.05) is 22.4 Å². The van der Waals surface area contributed by atoms with Crippen molar-refractivity contribution in [2.45, 2.75) is 18.2 Å². The van der Waals surface area contributed by atoms with Crippen LogP contribution in [0.3, 0.4) is 0 Å². The van der Waals surface area contributed by atoms with Gasteiger partial charge in [0.2, 0.25) is 15.9 Å². The highest BCUT2D eigenvalue weighted by Gasteiger charge is 2.31. The van der Waals surface area contributed by atoms with Gasteiger partial charge in [-0.3, -0.25) is 19.8 Å². The highest BCUT2D eigenvalue weighted by molar-refractivity contribution is 7.89. The predicted octanol–water partition coefficient (Wildman–Crippen LogP) is 1.63. The molecule has 162 valence electrons. The molecule has 0 unspecified atom stereocenters. The van der Waals surface area contributed by atoms with Crippen molar-refractivity contribution in [1.29, 1.82) is 0 Å². The van der Waals surface area contributed by atoms with Gasteiger partial charge in [-0.15, -0.1) is 11.3 Å². The zero-order valence-electron chi connectivity index (χ0n) is 16.6. The number of nitro benzene ring substituents is 1. The Balaban J connectivity index is 1.52. The van der Waals surface area contributed by atoms with E-state index in [9.17, 15) is 23.3 Å². The summed E-state index contributed by atoms with van der Waals surface area (Å²) in [6.07, 6.45) is 0.790. The number of nitrogens with one attached hydrogen (secondary N) is 1. The van der Waals surface area contributed by atoms with E-state index in [4.69, 9.17) is 0 Å². The second kappa shape index (κ2) is 9.65. The molecular formula is C19H24N4O5S2. The Hall–Kier alpha value is -2.34. The van der Waals surface area contributed by atoms with Gasteiger partial charge in [-0.05, 0) is 30.4 Å². The highest BCUT2D eigenvalue weighted by atomic mass is 32.2. The number of carbonyl (C=O) groups excluding carboxylic acids is 1. The summed E-state index contributed by atoms with van der Waals surface area (Å²) in [5.41, 5.74) is 0.213. The Bertz CT molecular complexity index is 1000. The zero-order chi connectivity index (χ0) is 21.7. The molecule has 0 aliphatic carbocycles. The average Bonchev–Trinajstić information content (AvgIpc) is 3.22. The smallest absolute Gasteiger partial charge is 0.270 e. The van der Waals surface area contributed by atoms with Crippen molar-refractivity contribution in [2.24, 2.45) is 0 Å². The van der Waals surface area contributed by atoms with Crippen LogP contribution < -0.4 is 5.32 Å². The van der Waals surface area contributed by atoms with Crippen molar-refractivity contribution < 1.29 is 18.1 Å². The molecule has 9 nitrogen and oxygen atoms in total. The predicted molar refractivity (Wildman–Crippen MR) is 114 cm³/mol. The fourth-order valence-electron chi connectivity index (χ4n) is 3.29. The lowest BCUT2D eigenvalue weighted by molar-refractivity contribution is -0.385. The number of nitro groups is 1. The summed E-state index contributed by atoms with van der Waals surface area (Å²) in [5, 5.41) is 15.9. The van der Waals surface area contributed by atoms with Crippen LogP contribution >= 0.6 is 11.3 Å². The lowest BCUT2D eigenvalue weighted by Gasteiger charge is -2.33. The number of hydrogen-bond donors (Lipinski definition) is 1. The number of benzene rings is 1. The first kappa shape index (κ1) is 22.3. The first-order valence-electron chi connectivity index (χ1n) is 9.54. The third kappa shape index (κ3) is 5.42. The maximum Gasteiger partial charge on any atom is 0.270 e. The van der Waals surface area contributed by atoms with E-state index in [-0.39, 0.29) is 36.1 Å². The summed E-state index contributed by atoms with van der Waals surface area (Å²) in [6.45, 7) is 3.71. The van der Waals surface area contributed by atoms with Crippen molar-refractivity contribution in [2.75, 3.05) is 39.3 Å². The summed E-state index contributed by atoms with van der Waals surface area (Å²) in [5.74, 6) is -0.0857. The summed E-state index contributed by atoms with van der Waals surface area (Å²) >= 11 is 1.65. The van der Waals surface area contributed by atoms with Crippen LogP contribution in [-0.2, 0) is 21.2 Å². The number of piperazine rings is 1. The molecule has 2 aromatic rings. The van der Waals surface area contributed by atoms with Gasteiger partial charge in [0.25, 0.3) is 5.69 Å². The summed E-state index contributed by atoms with van der Waals surface area (Å²) < 4.78 is 27.3. The van der Waals surface area contributed by atoms with Crippen LogP contribution in [0.15, 0.2) is 40.6 Å². The van der Waals surface area contributed by atoms with Gasteiger partial charge in [-0.2, -0.15) is 4.31 Å². The number of thiophene rings is 1. The topological polar surface area (TPSA) is 113 Å². The van der Waals surface area contributed by atoms with Crippen LogP contribution in [0, 0.1) is 17.0 Å². The van der Waals surface area contributed by atoms with E-state index in [0.717, 1.165) is 12.5 Å². The van der Waals surface area contributed by atoms with E-state index in [1.54, 1.807) is 18.3 Å². The molecule has 1 aromatic carbocycles. The molecule has 0 atom stereocenters. The summed E-state index contributed by atoms with van der Waals surface area (Å²) in [4.78, 5) is 25.6. The molecule has 0 bridgehead atoms. The molecule has 3 rings (SSSR count). The lowest BCUT2D eigenvalue weighted by atomic mass is 10.2. The molecule has 1 fully saturated rings. The first-order valence-corrected chi connectivity index (χ1v) is 11.9. The van der Waals surface area contributed by atoms with E-state index >= 15 is 0 Å². The average molecular weight is 453 g/mol. The van der Waals surface area contributed by atoms with Crippen molar-refractivity contribution in [3.8, 4) is 0 Å². The minimum Gasteiger partial charge on any atom is -0.355 e. The minimum atomic E-state index is -3.84. The van der Waals surface area contributed by atoms with E-state index in [2.05, 4.69) is 5.32 Å². The summed E-state index contributed by atoms with van der Waals surface area (Å²) in [6, 6.07) is 7.85. The molecule has 11 heteroatoms. The first-order chi connectivity index (χ1) is 14.3. The summed E-state index contributed by atoms with van der Waals surface area (Å²) in [7, 11) is -3.84. The molecule has 30 heavy (non-hydrogen) atoms. The number of aryl methyl sites for hydroxylation is 1. The Morgan fingerprint density at radius 1 is 1.23 bits per heavy atom. The number of non-ortho nitro benzene ring substituents is 1. The van der Waals surface area contributed by atoms with Gasteiger partial charge in [-0.1, -0.05) is 12.1 Å². The molecule has 1 aliphatic rings. The second-order valence-electron chi connectivity index (χ2n) is 7.07. The third-order valence-corrected chi connectivity index (χ3v) is 7.95. The molecule has 0 saturated carbocycles. The molecule has 0 radical (unpaired) electrons. The van der Waals surface area contributed by atoms with Crippen molar-refractivity contribution in [3.05, 3.63) is 56.3 Å². The third-order valence-electron chi connectivity index (χ3n) is 4.97. The number of rotatable bonds is 8. The van der Waals surface area contributed by atoms with Gasteiger partial charge < -0.3 is 5.32 Å². The van der Waals surface area contributed by atoms with Crippen molar-refractivity contribution in [1.82, 2.24) is 14.5 Å². The SMILES string of the molecule is Cc1ccc([N+](=O)[O-])cc1S(=O)(=O)N1CCN(CC(=O)NCCc2cccs2)CC1. The molecule has 1 N–H and O–H groups in total. The van der Waals surface area contributed by atoms with Crippen LogP contribution in [0.1, 0.15) is 10.4 Å². The number of hydrogen-bond acceptors (Lipinski definition) is 7. The number of carbonyl (C=O) groups is 1. The molecule has 1 saturated heterocycles. The Kier molecular flexibility index (Phi) is 7.19. The molecular weight excluding hydrogens is 428 g/mol. The maximum absolute atomic E-state index is 13.0. The van der Waals surface area contributed by atoms with Crippen molar-refractivity contribution >= 4 is 33.0 Å². The Morgan fingerprint density at radius 3 is 2.60 bits per heavy atom. The number of amides is 1. The maximum atomic E-state index is 13.0. The monoisotopic (exact) mass is 452 g/mol. The normalized spacial score (nSPS) is 15.8. The largest absolute Gasteiger partial charge is 0.355 e. The van der Waals surface area contributed by atoms with E-state index < -0.39 is 14.9 Å². The Morgan fingerprint density at radius 2 is 1.97 bits per heavy atom. The molecule has 0 spiro atoms. The van der Waals surface area contributed by atoms with Crippen molar-refractivity contribution in [3.63, 3.8) is 0 Å². The number of nitrogens with zero attached hydrogens (tertiary/aromatic N) is 3. The van der Waals surface area contributed by atoms with E-state index in [1.165, 1.54) is 21.3 Å². The Labute approximate surface area is 179 Å². The standard InChI is InChI=1S/C19H24N4O5S2/c1-15-4-5-16(23(25)26)13-18(15)30(27,28)22-10-8-21(9-11-22)14-19(24)20-7-6-17-3-2-12-29-17/h2-5,12-13H,6-11,14H2,1H3,(H,20,24). The van der Waals surface area contributed by atoms with E-state index in [0.29, 0.717) is 25.2 Å². The molecule has 1 aliphatic heterocycles. The van der Waals surface area contributed by atoms with Gasteiger partial charge in [0.15, 0.2) is 0 Å². The highest BCUT2D eigenvalue weighted by Crippen LogP contribution is 2.25. The van der Waals surface area contributed by atoms with Gasteiger partial charge in [0.1, 0.15) is 0 Å². The molecule has 1 amide bonds. The van der Waals surface area contributed by atoms with Gasteiger partial charge in [0.05, 0.1) is 16.4 Å². The minimum absolute atomic E-state index is 0.0449. The number of sulfonamides is 1. The van der Waals surface area contributed by atoms with Crippen LogP contribution in [0.5, 0.6) is 0 Å². The van der Waals surface area contributed by atoms with Crippen LogP contribution in [0.25, 0.3) is 0 Å². The van der Waals surface area contributed by atoms with Gasteiger partial charge in [0, 0.05) is 49.7 Å². The van der Waals surface area contributed by atoms with Gasteiger partial charge >= 0.3 is 0 Å².